The van der Waals surface area contributed by atoms with E-state index in [1.165, 1.54) is 21.8 Å². The zero-order valence-corrected chi connectivity index (χ0v) is 17.2. The second-order valence-corrected chi connectivity index (χ2v) is 8.04. The minimum absolute atomic E-state index is 0.841. The molecule has 0 fully saturated rings. The molecule has 0 aliphatic carbocycles. The second-order valence-electron chi connectivity index (χ2n) is 8.04. The van der Waals surface area contributed by atoms with Crippen LogP contribution in [0.15, 0.2) is 109 Å². The van der Waals surface area contributed by atoms with Crippen LogP contribution in [0.1, 0.15) is 0 Å². The number of aromatic nitrogens is 4. The summed E-state index contributed by atoms with van der Waals surface area (Å²) in [5.41, 5.74) is 5.41. The van der Waals surface area contributed by atoms with E-state index >= 15 is 0 Å². The Kier molecular flexibility index (Phi) is 3.52. The standard InChI is InChI=1S/C28H18N4/c1-2-11-22-19(8-1)16-17-31-27(29-30-28(22)31)20-9-7-10-21(18-20)32-25-14-5-3-12-23(25)24-13-4-6-15-26(24)32/h1-18H. The number of hydrogen-bond acceptors (Lipinski definition) is 2. The Morgan fingerprint density at radius 2 is 1.25 bits per heavy atom. The molecule has 7 aromatic rings. The summed E-state index contributed by atoms with van der Waals surface area (Å²) in [6.45, 7) is 0. The second kappa shape index (κ2) is 6.53. The molecule has 0 saturated carbocycles. The molecule has 0 saturated heterocycles. The molecule has 0 aliphatic heterocycles. The van der Waals surface area contributed by atoms with Crippen molar-refractivity contribution in [3.8, 4) is 17.1 Å². The van der Waals surface area contributed by atoms with Crippen molar-refractivity contribution in [3.63, 3.8) is 0 Å². The first-order valence-corrected chi connectivity index (χ1v) is 10.7. The van der Waals surface area contributed by atoms with Crippen molar-refractivity contribution >= 4 is 38.2 Å². The van der Waals surface area contributed by atoms with Crippen molar-refractivity contribution < 1.29 is 0 Å². The van der Waals surface area contributed by atoms with Crippen LogP contribution in [0.3, 0.4) is 0 Å². The molecule has 4 nitrogen and oxygen atoms in total. The predicted octanol–water partition coefficient (Wildman–Crippen LogP) is 6.65. The van der Waals surface area contributed by atoms with Crippen LogP contribution in [0.4, 0.5) is 0 Å². The molecule has 3 aromatic heterocycles. The summed E-state index contributed by atoms with van der Waals surface area (Å²) in [4.78, 5) is 0. The first-order valence-electron chi connectivity index (χ1n) is 10.7. The van der Waals surface area contributed by atoms with Gasteiger partial charge in [-0.2, -0.15) is 0 Å². The molecular weight excluding hydrogens is 392 g/mol. The van der Waals surface area contributed by atoms with Crippen molar-refractivity contribution in [3.05, 3.63) is 109 Å². The summed E-state index contributed by atoms with van der Waals surface area (Å²) >= 11 is 0. The summed E-state index contributed by atoms with van der Waals surface area (Å²) in [6, 6.07) is 36.1. The largest absolute Gasteiger partial charge is 0.309 e. The summed E-state index contributed by atoms with van der Waals surface area (Å²) in [6.07, 6.45) is 2.06. The highest BCUT2D eigenvalue weighted by atomic mass is 15.2. The molecule has 7 rings (SSSR count). The minimum atomic E-state index is 0.841. The molecule has 32 heavy (non-hydrogen) atoms. The Morgan fingerprint density at radius 1 is 0.562 bits per heavy atom. The zero-order valence-electron chi connectivity index (χ0n) is 17.2. The van der Waals surface area contributed by atoms with Crippen LogP contribution < -0.4 is 0 Å². The normalized spacial score (nSPS) is 11.8. The monoisotopic (exact) mass is 410 g/mol. The van der Waals surface area contributed by atoms with Crippen LogP contribution >= 0.6 is 0 Å². The number of nitrogens with zero attached hydrogens (tertiary/aromatic N) is 4. The lowest BCUT2D eigenvalue weighted by molar-refractivity contribution is 1.11. The van der Waals surface area contributed by atoms with Gasteiger partial charge in [0.25, 0.3) is 0 Å². The van der Waals surface area contributed by atoms with Crippen LogP contribution in [-0.4, -0.2) is 19.2 Å². The van der Waals surface area contributed by atoms with Gasteiger partial charge in [0.2, 0.25) is 0 Å². The van der Waals surface area contributed by atoms with Gasteiger partial charge in [-0.15, -0.1) is 10.2 Å². The van der Waals surface area contributed by atoms with E-state index < -0.39 is 0 Å². The highest BCUT2D eigenvalue weighted by molar-refractivity contribution is 6.09. The van der Waals surface area contributed by atoms with Gasteiger partial charge in [0.05, 0.1) is 11.0 Å². The van der Waals surface area contributed by atoms with Crippen molar-refractivity contribution in [2.75, 3.05) is 0 Å². The van der Waals surface area contributed by atoms with E-state index in [0.29, 0.717) is 0 Å². The lowest BCUT2D eigenvalue weighted by Crippen LogP contribution is -1.95. The molecule has 0 N–H and O–H groups in total. The molecule has 0 aliphatic rings. The Balaban J connectivity index is 1.48. The lowest BCUT2D eigenvalue weighted by Gasteiger charge is -2.10. The van der Waals surface area contributed by atoms with Gasteiger partial charge in [0, 0.05) is 33.6 Å². The molecule has 0 amide bonds. The van der Waals surface area contributed by atoms with Crippen LogP contribution in [-0.2, 0) is 0 Å². The van der Waals surface area contributed by atoms with Crippen LogP contribution in [0.25, 0.3) is 55.3 Å². The highest BCUT2D eigenvalue weighted by Gasteiger charge is 2.14. The molecular formula is C28H18N4. The average Bonchev–Trinajstić information content (AvgIpc) is 3.44. The molecule has 150 valence electrons. The number of rotatable bonds is 2. The third-order valence-electron chi connectivity index (χ3n) is 6.24. The van der Waals surface area contributed by atoms with Crippen molar-refractivity contribution in [1.82, 2.24) is 19.2 Å². The Hall–Kier alpha value is -4.44. The van der Waals surface area contributed by atoms with Gasteiger partial charge in [0.1, 0.15) is 0 Å². The smallest absolute Gasteiger partial charge is 0.168 e. The summed E-state index contributed by atoms with van der Waals surface area (Å²) < 4.78 is 4.40. The third kappa shape index (κ3) is 2.38. The van der Waals surface area contributed by atoms with Crippen molar-refractivity contribution in [2.24, 2.45) is 0 Å². The van der Waals surface area contributed by atoms with Gasteiger partial charge >= 0.3 is 0 Å². The SMILES string of the molecule is c1cc(-c2nnc3c4ccccc4ccn23)cc(-n2c3ccccc3c3ccccc32)c1. The average molecular weight is 410 g/mol. The molecule has 0 atom stereocenters. The number of pyridine rings is 1. The van der Waals surface area contributed by atoms with Crippen molar-refractivity contribution in [2.45, 2.75) is 0 Å². The minimum Gasteiger partial charge on any atom is -0.309 e. The van der Waals surface area contributed by atoms with E-state index in [9.17, 15) is 0 Å². The zero-order chi connectivity index (χ0) is 21.1. The van der Waals surface area contributed by atoms with Crippen LogP contribution in [0, 0.1) is 0 Å². The number of fused-ring (bicyclic) bond motifs is 6. The predicted molar refractivity (Wildman–Crippen MR) is 130 cm³/mol. The maximum Gasteiger partial charge on any atom is 0.168 e. The van der Waals surface area contributed by atoms with E-state index in [-0.39, 0.29) is 0 Å². The first-order chi connectivity index (χ1) is 15.9. The van der Waals surface area contributed by atoms with Gasteiger partial charge in [-0.1, -0.05) is 72.8 Å². The topological polar surface area (TPSA) is 35.1 Å². The number of para-hydroxylation sites is 2. The number of benzene rings is 4. The third-order valence-corrected chi connectivity index (χ3v) is 6.24. The van der Waals surface area contributed by atoms with Crippen molar-refractivity contribution in [1.29, 1.82) is 0 Å². The van der Waals surface area contributed by atoms with Gasteiger partial charge < -0.3 is 4.57 Å². The van der Waals surface area contributed by atoms with Gasteiger partial charge in [-0.25, -0.2) is 0 Å². The Labute approximate surface area is 184 Å². The first kappa shape index (κ1) is 17.3. The summed E-state index contributed by atoms with van der Waals surface area (Å²) in [5, 5.41) is 13.9. The lowest BCUT2D eigenvalue weighted by atomic mass is 10.1. The maximum atomic E-state index is 4.57. The van der Waals surface area contributed by atoms with E-state index in [0.717, 1.165) is 33.5 Å². The van der Waals surface area contributed by atoms with E-state index in [1.54, 1.807) is 0 Å². The van der Waals surface area contributed by atoms with Gasteiger partial charge in [-0.3, -0.25) is 4.40 Å². The fourth-order valence-electron chi connectivity index (χ4n) is 4.80. The van der Waals surface area contributed by atoms with Crippen LogP contribution in [0.2, 0.25) is 0 Å². The number of hydrogen-bond donors (Lipinski definition) is 0. The van der Waals surface area contributed by atoms with Crippen LogP contribution in [0.5, 0.6) is 0 Å². The van der Waals surface area contributed by atoms with E-state index in [2.05, 4.69) is 116 Å². The fourth-order valence-corrected chi connectivity index (χ4v) is 4.80. The van der Waals surface area contributed by atoms with E-state index in [1.807, 2.05) is 12.1 Å². The Morgan fingerprint density at radius 3 is 2.03 bits per heavy atom. The Bertz CT molecular complexity index is 1740. The summed E-state index contributed by atoms with van der Waals surface area (Å²) in [7, 11) is 0. The quantitative estimate of drug-likeness (QED) is 0.320. The molecule has 0 radical (unpaired) electrons. The van der Waals surface area contributed by atoms with Gasteiger partial charge in [-0.05, 0) is 35.7 Å². The molecule has 0 unspecified atom stereocenters. The molecule has 4 heteroatoms. The molecule has 0 bridgehead atoms. The summed E-state index contributed by atoms with van der Waals surface area (Å²) in [5.74, 6) is 0.841. The molecule has 3 heterocycles. The fraction of sp³-hybridized carbons (Fsp3) is 0. The molecule has 4 aromatic carbocycles. The maximum absolute atomic E-state index is 4.57. The highest BCUT2D eigenvalue weighted by Crippen LogP contribution is 2.33. The van der Waals surface area contributed by atoms with Gasteiger partial charge in [0.15, 0.2) is 11.5 Å². The molecule has 0 spiro atoms. The van der Waals surface area contributed by atoms with E-state index in [4.69, 9.17) is 0 Å².